The van der Waals surface area contributed by atoms with Gasteiger partial charge in [-0.2, -0.15) is 0 Å². The number of nitrogens with zero attached hydrogens (tertiary/aromatic N) is 2. The number of amides is 2. The van der Waals surface area contributed by atoms with Crippen molar-refractivity contribution in [3.05, 3.63) is 65.7 Å². The van der Waals surface area contributed by atoms with E-state index in [9.17, 15) is 18.0 Å². The number of para-hydroxylation sites is 1. The standard InChI is InChI=1S/C24H33N3O4S/c1-6-19(3)25-24(29)20(4)26(16-21-12-10-11-18(2)15-21)23(28)17-27(32(5,30)31)22-13-8-7-9-14-22/h7-15,19-20H,6,16-17H2,1-5H3,(H,25,29)/t19-,20-/m1/s1. The van der Waals surface area contributed by atoms with Crippen molar-refractivity contribution in [3.8, 4) is 0 Å². The maximum atomic E-state index is 13.4. The largest absolute Gasteiger partial charge is 0.352 e. The number of carbonyl (C=O) groups excluding carboxylic acids is 2. The number of carbonyl (C=O) groups is 2. The zero-order valence-corrected chi connectivity index (χ0v) is 20.2. The average molecular weight is 460 g/mol. The van der Waals surface area contributed by atoms with E-state index in [1.165, 1.54) is 4.90 Å². The molecule has 0 aliphatic heterocycles. The van der Waals surface area contributed by atoms with Gasteiger partial charge in [0.05, 0.1) is 11.9 Å². The first-order chi connectivity index (χ1) is 15.0. The van der Waals surface area contributed by atoms with Gasteiger partial charge >= 0.3 is 0 Å². The Kier molecular flexibility index (Phi) is 8.83. The van der Waals surface area contributed by atoms with Gasteiger partial charge in [-0.25, -0.2) is 8.42 Å². The number of sulfonamides is 1. The summed E-state index contributed by atoms with van der Waals surface area (Å²) in [6.07, 6.45) is 1.83. The number of benzene rings is 2. The molecule has 0 saturated heterocycles. The second-order valence-corrected chi connectivity index (χ2v) is 10.0. The van der Waals surface area contributed by atoms with Gasteiger partial charge in [0.25, 0.3) is 0 Å². The Bertz CT molecular complexity index is 1020. The fourth-order valence-corrected chi connectivity index (χ4v) is 4.11. The summed E-state index contributed by atoms with van der Waals surface area (Å²) in [6, 6.07) is 15.4. The SMILES string of the molecule is CC[C@@H](C)NC(=O)[C@@H](C)N(Cc1cccc(C)c1)C(=O)CN(c1ccccc1)S(C)(=O)=O. The van der Waals surface area contributed by atoms with Crippen LogP contribution in [0.5, 0.6) is 0 Å². The minimum absolute atomic E-state index is 0.0299. The zero-order chi connectivity index (χ0) is 23.9. The lowest BCUT2D eigenvalue weighted by atomic mass is 10.1. The molecule has 1 N–H and O–H groups in total. The predicted molar refractivity (Wildman–Crippen MR) is 128 cm³/mol. The molecule has 0 heterocycles. The van der Waals surface area contributed by atoms with E-state index in [4.69, 9.17) is 0 Å². The molecule has 32 heavy (non-hydrogen) atoms. The van der Waals surface area contributed by atoms with Crippen molar-refractivity contribution in [2.75, 3.05) is 17.1 Å². The van der Waals surface area contributed by atoms with Crippen molar-refractivity contribution >= 4 is 27.5 Å². The number of hydrogen-bond acceptors (Lipinski definition) is 4. The van der Waals surface area contributed by atoms with Gasteiger partial charge in [0, 0.05) is 12.6 Å². The van der Waals surface area contributed by atoms with Crippen molar-refractivity contribution in [2.45, 2.75) is 52.7 Å². The smallest absolute Gasteiger partial charge is 0.244 e. The van der Waals surface area contributed by atoms with Crippen LogP contribution in [-0.2, 0) is 26.2 Å². The van der Waals surface area contributed by atoms with Gasteiger partial charge < -0.3 is 10.2 Å². The second kappa shape index (κ2) is 11.1. The number of hydrogen-bond donors (Lipinski definition) is 1. The molecule has 0 bridgehead atoms. The van der Waals surface area contributed by atoms with Crippen LogP contribution in [0.3, 0.4) is 0 Å². The van der Waals surface area contributed by atoms with Crippen LogP contribution in [0.15, 0.2) is 54.6 Å². The molecule has 2 aromatic carbocycles. The molecule has 2 aromatic rings. The first kappa shape index (κ1) is 25.4. The molecule has 0 aliphatic rings. The first-order valence-electron chi connectivity index (χ1n) is 10.7. The lowest BCUT2D eigenvalue weighted by Crippen LogP contribution is -2.52. The summed E-state index contributed by atoms with van der Waals surface area (Å²) in [6.45, 7) is 7.29. The number of aryl methyl sites for hydroxylation is 1. The van der Waals surface area contributed by atoms with Crippen LogP contribution >= 0.6 is 0 Å². The van der Waals surface area contributed by atoms with Gasteiger partial charge in [0.15, 0.2) is 0 Å². The van der Waals surface area contributed by atoms with E-state index in [0.717, 1.165) is 28.1 Å². The third kappa shape index (κ3) is 7.09. The molecule has 0 unspecified atom stereocenters. The third-order valence-corrected chi connectivity index (χ3v) is 6.47. The molecule has 2 atom stereocenters. The van der Waals surface area contributed by atoms with Gasteiger partial charge in [0.1, 0.15) is 12.6 Å². The third-order valence-electron chi connectivity index (χ3n) is 5.33. The molecule has 2 rings (SSSR count). The van der Waals surface area contributed by atoms with Crippen molar-refractivity contribution in [1.29, 1.82) is 0 Å². The van der Waals surface area contributed by atoms with Crippen molar-refractivity contribution in [3.63, 3.8) is 0 Å². The molecule has 7 nitrogen and oxygen atoms in total. The highest BCUT2D eigenvalue weighted by atomic mass is 32.2. The van der Waals surface area contributed by atoms with Gasteiger partial charge in [0.2, 0.25) is 21.8 Å². The second-order valence-electron chi connectivity index (χ2n) is 8.11. The van der Waals surface area contributed by atoms with Gasteiger partial charge in [-0.15, -0.1) is 0 Å². The molecule has 0 radical (unpaired) electrons. The van der Waals surface area contributed by atoms with Crippen molar-refractivity contribution in [1.82, 2.24) is 10.2 Å². The maximum absolute atomic E-state index is 13.4. The zero-order valence-electron chi connectivity index (χ0n) is 19.4. The van der Waals surface area contributed by atoms with Crippen LogP contribution < -0.4 is 9.62 Å². The molecule has 8 heteroatoms. The maximum Gasteiger partial charge on any atom is 0.244 e. The Morgan fingerprint density at radius 3 is 2.25 bits per heavy atom. The van der Waals surface area contributed by atoms with Crippen LogP contribution in [0.25, 0.3) is 0 Å². The van der Waals surface area contributed by atoms with Crippen molar-refractivity contribution in [2.24, 2.45) is 0 Å². The summed E-state index contributed by atoms with van der Waals surface area (Å²) in [5.74, 6) is -0.724. The van der Waals surface area contributed by atoms with Crippen LogP contribution in [0.2, 0.25) is 0 Å². The van der Waals surface area contributed by atoms with Crippen LogP contribution in [0.1, 0.15) is 38.3 Å². The highest BCUT2D eigenvalue weighted by molar-refractivity contribution is 7.92. The molecule has 0 fully saturated rings. The van der Waals surface area contributed by atoms with E-state index in [1.807, 2.05) is 45.0 Å². The highest BCUT2D eigenvalue weighted by Crippen LogP contribution is 2.19. The fourth-order valence-electron chi connectivity index (χ4n) is 3.26. The van der Waals surface area contributed by atoms with Crippen molar-refractivity contribution < 1.29 is 18.0 Å². The minimum atomic E-state index is -3.71. The van der Waals surface area contributed by atoms with Crippen LogP contribution in [0, 0.1) is 6.92 Å². The van der Waals surface area contributed by atoms with Crippen LogP contribution in [0.4, 0.5) is 5.69 Å². The van der Waals surface area contributed by atoms with E-state index < -0.39 is 28.5 Å². The van der Waals surface area contributed by atoms with E-state index in [0.29, 0.717) is 5.69 Å². The Morgan fingerprint density at radius 1 is 1.03 bits per heavy atom. The summed E-state index contributed by atoms with van der Waals surface area (Å²) >= 11 is 0. The molecule has 2 amide bonds. The summed E-state index contributed by atoms with van der Waals surface area (Å²) < 4.78 is 26.0. The number of nitrogens with one attached hydrogen (secondary N) is 1. The first-order valence-corrected chi connectivity index (χ1v) is 12.6. The van der Waals surface area contributed by atoms with Gasteiger partial charge in [-0.05, 0) is 44.9 Å². The molecule has 174 valence electrons. The van der Waals surface area contributed by atoms with Crippen LogP contribution in [-0.4, -0.2) is 50.0 Å². The molecular formula is C24H33N3O4S. The number of rotatable bonds is 10. The summed E-state index contributed by atoms with van der Waals surface area (Å²) in [5.41, 5.74) is 2.30. The Labute approximate surface area is 191 Å². The fraction of sp³-hybridized carbons (Fsp3) is 0.417. The highest BCUT2D eigenvalue weighted by Gasteiger charge is 2.30. The molecular weight excluding hydrogens is 426 g/mol. The molecule has 0 aromatic heterocycles. The molecule has 0 spiro atoms. The van der Waals surface area contributed by atoms with Gasteiger partial charge in [-0.1, -0.05) is 55.0 Å². The van der Waals surface area contributed by atoms with Gasteiger partial charge in [-0.3, -0.25) is 13.9 Å². The average Bonchev–Trinajstić information content (AvgIpc) is 2.74. The Morgan fingerprint density at radius 2 is 1.69 bits per heavy atom. The van der Waals surface area contributed by atoms with E-state index in [2.05, 4.69) is 5.32 Å². The van der Waals surface area contributed by atoms with E-state index in [1.54, 1.807) is 37.3 Å². The monoisotopic (exact) mass is 459 g/mol. The lowest BCUT2D eigenvalue weighted by molar-refractivity contribution is -0.139. The quantitative estimate of drug-likeness (QED) is 0.592. The summed E-state index contributed by atoms with van der Waals surface area (Å²) in [4.78, 5) is 27.7. The summed E-state index contributed by atoms with van der Waals surface area (Å²) in [5, 5.41) is 2.91. The minimum Gasteiger partial charge on any atom is -0.352 e. The molecule has 0 aliphatic carbocycles. The lowest BCUT2D eigenvalue weighted by Gasteiger charge is -2.32. The summed E-state index contributed by atoms with van der Waals surface area (Å²) in [7, 11) is -3.71. The Hall–Kier alpha value is -2.87. The predicted octanol–water partition coefficient (Wildman–Crippen LogP) is 3.09. The van der Waals surface area contributed by atoms with E-state index in [-0.39, 0.29) is 18.5 Å². The molecule has 0 saturated carbocycles. The normalized spacial score (nSPS) is 13.2. The topological polar surface area (TPSA) is 86.8 Å². The van der Waals surface area contributed by atoms with E-state index >= 15 is 0 Å². The number of anilines is 1. The Balaban J connectivity index is 2.36.